The number of hydrogen-bond acceptors (Lipinski definition) is 5. The average molecular weight is 342 g/mol. The fourth-order valence-electron chi connectivity index (χ4n) is 2.17. The normalized spacial score (nSPS) is 10.0. The Morgan fingerprint density at radius 2 is 1.84 bits per heavy atom. The van der Waals surface area contributed by atoms with Crippen LogP contribution < -0.4 is 15.4 Å². The van der Waals surface area contributed by atoms with Crippen LogP contribution in [0.15, 0.2) is 48.5 Å². The molecule has 6 nitrogen and oxygen atoms in total. The molecule has 25 heavy (non-hydrogen) atoms. The standard InChI is InChI=1S/C19H22N2O4/c1-14-8-9-15(19(23)24-2)12-17(14)21-13-18(22)20-10-11-25-16-6-4-3-5-7-16/h3-9,12,21H,10-11,13H2,1-2H3,(H,20,22). The monoisotopic (exact) mass is 342 g/mol. The maximum Gasteiger partial charge on any atom is 0.337 e. The third kappa shape index (κ3) is 5.84. The predicted molar refractivity (Wildman–Crippen MR) is 96.0 cm³/mol. The van der Waals surface area contributed by atoms with E-state index in [4.69, 9.17) is 9.47 Å². The summed E-state index contributed by atoms with van der Waals surface area (Å²) in [6.45, 7) is 2.81. The van der Waals surface area contributed by atoms with Crippen molar-refractivity contribution in [1.29, 1.82) is 0 Å². The number of benzene rings is 2. The molecule has 0 heterocycles. The number of nitrogens with one attached hydrogen (secondary N) is 2. The molecule has 2 N–H and O–H groups in total. The zero-order chi connectivity index (χ0) is 18.1. The van der Waals surface area contributed by atoms with E-state index in [1.165, 1.54) is 7.11 Å². The lowest BCUT2D eigenvalue weighted by Gasteiger charge is -2.12. The number of carbonyl (C=O) groups is 2. The van der Waals surface area contributed by atoms with E-state index in [0.717, 1.165) is 17.0 Å². The van der Waals surface area contributed by atoms with Gasteiger partial charge in [-0.15, -0.1) is 0 Å². The highest BCUT2D eigenvalue weighted by Crippen LogP contribution is 2.17. The van der Waals surface area contributed by atoms with Crippen LogP contribution in [-0.4, -0.2) is 38.7 Å². The summed E-state index contributed by atoms with van der Waals surface area (Å²) in [7, 11) is 1.33. The largest absolute Gasteiger partial charge is 0.492 e. The first-order valence-corrected chi connectivity index (χ1v) is 7.97. The average Bonchev–Trinajstić information content (AvgIpc) is 2.64. The van der Waals surface area contributed by atoms with E-state index in [-0.39, 0.29) is 12.5 Å². The molecule has 0 spiro atoms. The molecule has 0 bridgehead atoms. The molecule has 1 amide bonds. The van der Waals surface area contributed by atoms with Gasteiger partial charge in [0.25, 0.3) is 0 Å². The number of carbonyl (C=O) groups excluding carboxylic acids is 2. The molecule has 0 aliphatic heterocycles. The number of amides is 1. The first kappa shape index (κ1) is 18.3. The Labute approximate surface area is 147 Å². The van der Waals surface area contributed by atoms with E-state index in [9.17, 15) is 9.59 Å². The van der Waals surface area contributed by atoms with Gasteiger partial charge in [-0.05, 0) is 36.8 Å². The Balaban J connectivity index is 1.75. The topological polar surface area (TPSA) is 76.7 Å². The number of ether oxygens (including phenoxy) is 2. The molecule has 0 aliphatic rings. The highest BCUT2D eigenvalue weighted by atomic mass is 16.5. The summed E-state index contributed by atoms with van der Waals surface area (Å²) in [6.07, 6.45) is 0. The lowest BCUT2D eigenvalue weighted by atomic mass is 10.1. The highest BCUT2D eigenvalue weighted by Gasteiger charge is 2.09. The van der Waals surface area contributed by atoms with Crippen LogP contribution in [0.25, 0.3) is 0 Å². The number of anilines is 1. The van der Waals surface area contributed by atoms with E-state index in [1.54, 1.807) is 18.2 Å². The van der Waals surface area contributed by atoms with Gasteiger partial charge in [0.1, 0.15) is 12.4 Å². The highest BCUT2D eigenvalue weighted by molar-refractivity contribution is 5.91. The predicted octanol–water partition coefficient (Wildman–Crippen LogP) is 2.39. The number of methoxy groups -OCH3 is 1. The van der Waals surface area contributed by atoms with Crippen LogP contribution in [0.4, 0.5) is 5.69 Å². The third-order valence-electron chi connectivity index (χ3n) is 3.53. The van der Waals surface area contributed by atoms with E-state index >= 15 is 0 Å². The summed E-state index contributed by atoms with van der Waals surface area (Å²) in [5.74, 6) is 0.204. The van der Waals surface area contributed by atoms with Gasteiger partial charge in [0.2, 0.25) is 5.91 Å². The van der Waals surface area contributed by atoms with Crippen LogP contribution in [0.5, 0.6) is 5.75 Å². The molecule has 0 aromatic heterocycles. The molecule has 132 valence electrons. The van der Waals surface area contributed by atoms with Crippen molar-refractivity contribution in [1.82, 2.24) is 5.32 Å². The fraction of sp³-hybridized carbons (Fsp3) is 0.263. The number of aryl methyl sites for hydroxylation is 1. The maximum atomic E-state index is 11.9. The van der Waals surface area contributed by atoms with Gasteiger partial charge in [0, 0.05) is 5.69 Å². The molecular formula is C19H22N2O4. The molecule has 2 rings (SSSR count). The minimum Gasteiger partial charge on any atom is -0.492 e. The smallest absolute Gasteiger partial charge is 0.337 e. The Kier molecular flexibility index (Phi) is 6.83. The number of para-hydroxylation sites is 1. The summed E-state index contributed by atoms with van der Waals surface area (Å²) < 4.78 is 10.2. The summed E-state index contributed by atoms with van der Waals surface area (Å²) in [4.78, 5) is 23.5. The lowest BCUT2D eigenvalue weighted by Crippen LogP contribution is -2.33. The molecule has 0 fully saturated rings. The minimum absolute atomic E-state index is 0.108. The second-order valence-corrected chi connectivity index (χ2v) is 5.39. The van der Waals surface area contributed by atoms with Crippen molar-refractivity contribution >= 4 is 17.6 Å². The number of rotatable bonds is 8. The van der Waals surface area contributed by atoms with Crippen LogP contribution in [0, 0.1) is 6.92 Å². The van der Waals surface area contributed by atoms with Crippen LogP contribution in [0.3, 0.4) is 0 Å². The molecule has 0 unspecified atom stereocenters. The Bertz CT molecular complexity index is 717. The van der Waals surface area contributed by atoms with Crippen LogP contribution in [0.1, 0.15) is 15.9 Å². The van der Waals surface area contributed by atoms with E-state index < -0.39 is 5.97 Å². The molecular weight excluding hydrogens is 320 g/mol. The Morgan fingerprint density at radius 3 is 2.56 bits per heavy atom. The maximum absolute atomic E-state index is 11.9. The molecule has 2 aromatic carbocycles. The van der Waals surface area contributed by atoms with Crippen molar-refractivity contribution in [2.24, 2.45) is 0 Å². The van der Waals surface area contributed by atoms with Gasteiger partial charge in [-0.25, -0.2) is 4.79 Å². The Hall–Kier alpha value is -3.02. The summed E-state index contributed by atoms with van der Waals surface area (Å²) in [5.41, 5.74) is 2.10. The number of hydrogen-bond donors (Lipinski definition) is 2. The van der Waals surface area contributed by atoms with Gasteiger partial charge in [-0.3, -0.25) is 4.79 Å². The molecule has 0 aliphatic carbocycles. The van der Waals surface area contributed by atoms with E-state index in [0.29, 0.717) is 18.7 Å². The van der Waals surface area contributed by atoms with Gasteiger partial charge < -0.3 is 20.1 Å². The summed E-state index contributed by atoms with van der Waals surface area (Å²) >= 11 is 0. The Morgan fingerprint density at radius 1 is 1.08 bits per heavy atom. The molecule has 0 atom stereocenters. The van der Waals surface area contributed by atoms with Gasteiger partial charge >= 0.3 is 5.97 Å². The van der Waals surface area contributed by atoms with Gasteiger partial charge in [0.05, 0.1) is 25.8 Å². The molecule has 2 aromatic rings. The molecule has 0 saturated carbocycles. The summed E-state index contributed by atoms with van der Waals surface area (Å²) in [5, 5.41) is 5.80. The third-order valence-corrected chi connectivity index (χ3v) is 3.53. The molecule has 6 heteroatoms. The van der Waals surface area contributed by atoms with Gasteiger partial charge in [-0.1, -0.05) is 24.3 Å². The zero-order valence-corrected chi connectivity index (χ0v) is 14.4. The van der Waals surface area contributed by atoms with Crippen molar-refractivity contribution in [2.75, 3.05) is 32.1 Å². The van der Waals surface area contributed by atoms with Crippen molar-refractivity contribution in [2.45, 2.75) is 6.92 Å². The van der Waals surface area contributed by atoms with Crippen molar-refractivity contribution in [3.63, 3.8) is 0 Å². The molecule has 0 radical (unpaired) electrons. The van der Waals surface area contributed by atoms with Gasteiger partial charge in [-0.2, -0.15) is 0 Å². The fourth-order valence-corrected chi connectivity index (χ4v) is 2.17. The van der Waals surface area contributed by atoms with E-state index in [2.05, 4.69) is 10.6 Å². The SMILES string of the molecule is COC(=O)c1ccc(C)c(NCC(=O)NCCOc2ccccc2)c1. The zero-order valence-electron chi connectivity index (χ0n) is 14.4. The first-order valence-electron chi connectivity index (χ1n) is 7.97. The van der Waals surface area contributed by atoms with Crippen molar-refractivity contribution in [3.05, 3.63) is 59.7 Å². The van der Waals surface area contributed by atoms with Crippen LogP contribution in [-0.2, 0) is 9.53 Å². The summed E-state index contributed by atoms with van der Waals surface area (Å²) in [6, 6.07) is 14.6. The van der Waals surface area contributed by atoms with Crippen LogP contribution >= 0.6 is 0 Å². The molecule has 0 saturated heterocycles. The second-order valence-electron chi connectivity index (χ2n) is 5.39. The minimum atomic E-state index is -0.412. The first-order chi connectivity index (χ1) is 12.1. The van der Waals surface area contributed by atoms with Crippen molar-refractivity contribution < 1.29 is 19.1 Å². The quantitative estimate of drug-likeness (QED) is 0.569. The van der Waals surface area contributed by atoms with Crippen molar-refractivity contribution in [3.8, 4) is 5.75 Å². The number of esters is 1. The van der Waals surface area contributed by atoms with E-state index in [1.807, 2.05) is 37.3 Å². The van der Waals surface area contributed by atoms with Crippen LogP contribution in [0.2, 0.25) is 0 Å². The second kappa shape index (κ2) is 9.32. The van der Waals surface area contributed by atoms with Gasteiger partial charge in [0.15, 0.2) is 0 Å². The lowest BCUT2D eigenvalue weighted by molar-refractivity contribution is -0.119.